The zero-order chi connectivity index (χ0) is 41.5. The predicted octanol–water partition coefficient (Wildman–Crippen LogP) is 13.1. The number of ether oxygens (including phenoxy) is 3. The third-order valence-electron chi connectivity index (χ3n) is 14.8. The number of allylic oxidation sites excluding steroid dienone is 1. The van der Waals surface area contributed by atoms with Crippen LogP contribution in [0.4, 0.5) is 0 Å². The molecule has 6 heteroatoms. The molecule has 2 aromatic rings. The van der Waals surface area contributed by atoms with Crippen LogP contribution in [0, 0.1) is 64.1 Å². The number of halogens is 1. The maximum atomic E-state index is 13.0. The van der Waals surface area contributed by atoms with E-state index in [2.05, 4.69) is 52.5 Å². The zero-order valence-corrected chi connectivity index (χ0v) is 37.4. The molecular formula is C52H71ClO5. The van der Waals surface area contributed by atoms with E-state index >= 15 is 0 Å². The van der Waals surface area contributed by atoms with Crippen molar-refractivity contribution >= 4 is 23.5 Å². The Morgan fingerprint density at radius 1 is 0.793 bits per heavy atom. The van der Waals surface area contributed by atoms with Crippen LogP contribution in [0.2, 0.25) is 0 Å². The van der Waals surface area contributed by atoms with E-state index < -0.39 is 11.3 Å². The van der Waals surface area contributed by atoms with Crippen molar-refractivity contribution in [3.63, 3.8) is 0 Å². The molecular weight excluding hydrogens is 740 g/mol. The number of benzene rings is 2. The molecule has 2 aromatic carbocycles. The maximum Gasteiger partial charge on any atom is 0.329 e. The van der Waals surface area contributed by atoms with Gasteiger partial charge in [-0.05, 0) is 165 Å². The minimum Gasteiger partial charge on any atom is -0.494 e. The second-order valence-electron chi connectivity index (χ2n) is 19.8. The van der Waals surface area contributed by atoms with Crippen LogP contribution < -0.4 is 9.47 Å². The topological polar surface area (TPSA) is 61.8 Å². The molecule has 0 N–H and O–H groups in total. The lowest BCUT2D eigenvalue weighted by molar-refractivity contribution is -0.151. The summed E-state index contributed by atoms with van der Waals surface area (Å²) in [5.74, 6) is 12.4. The van der Waals surface area contributed by atoms with Gasteiger partial charge < -0.3 is 14.2 Å². The Hall–Kier alpha value is -3.23. The maximum absolute atomic E-state index is 13.0. The number of carbonyl (C=O) groups is 2. The average molecular weight is 812 g/mol. The Morgan fingerprint density at radius 3 is 2.16 bits per heavy atom. The molecule has 4 aliphatic rings. The lowest BCUT2D eigenvalue weighted by Crippen LogP contribution is -2.51. The number of rotatable bonds is 16. The molecule has 3 fully saturated rings. The molecule has 0 unspecified atom stereocenters. The zero-order valence-electron chi connectivity index (χ0n) is 36.6. The summed E-state index contributed by atoms with van der Waals surface area (Å²) in [7, 11) is 0. The Morgan fingerprint density at radius 2 is 1.48 bits per heavy atom. The van der Waals surface area contributed by atoms with Crippen LogP contribution in [0.3, 0.4) is 0 Å². The Kier molecular flexibility index (Phi) is 15.2. The van der Waals surface area contributed by atoms with E-state index in [1.807, 2.05) is 50.2 Å². The first-order chi connectivity index (χ1) is 27.7. The summed E-state index contributed by atoms with van der Waals surface area (Å²) in [6.07, 6.45) is 19.2. The molecule has 0 heterocycles. The molecule has 58 heavy (non-hydrogen) atoms. The van der Waals surface area contributed by atoms with Crippen LogP contribution in [0.25, 0.3) is 0 Å². The molecule has 9 atom stereocenters. The highest BCUT2D eigenvalue weighted by Gasteiger charge is 2.59. The van der Waals surface area contributed by atoms with Crippen molar-refractivity contribution in [1.82, 2.24) is 0 Å². The molecule has 0 saturated heterocycles. The number of hydrogen-bond donors (Lipinski definition) is 0. The Bertz CT molecular complexity index is 1770. The number of unbranched alkanes of at least 4 members (excludes halogenated alkanes) is 1. The summed E-state index contributed by atoms with van der Waals surface area (Å²) in [6, 6.07) is 14.8. The molecule has 0 spiro atoms. The molecule has 316 valence electrons. The molecule has 3 saturated carbocycles. The molecule has 4 aliphatic carbocycles. The van der Waals surface area contributed by atoms with Crippen molar-refractivity contribution in [2.45, 2.75) is 156 Å². The van der Waals surface area contributed by atoms with Crippen molar-refractivity contribution < 1.29 is 23.8 Å². The number of esters is 2. The van der Waals surface area contributed by atoms with Crippen molar-refractivity contribution in [3.05, 3.63) is 71.3 Å². The summed E-state index contributed by atoms with van der Waals surface area (Å²) >= 11 is 6.16. The first-order valence-corrected chi connectivity index (χ1v) is 23.3. The molecule has 6 rings (SSSR count). The third kappa shape index (κ3) is 10.9. The molecule has 5 nitrogen and oxygen atoms in total. The Balaban J connectivity index is 0.889. The fraction of sp³-hybridized carbons (Fsp3) is 0.654. The smallest absolute Gasteiger partial charge is 0.329 e. The van der Waals surface area contributed by atoms with E-state index in [4.69, 9.17) is 25.8 Å². The van der Waals surface area contributed by atoms with E-state index in [0.717, 1.165) is 84.5 Å². The number of fused-ring (bicyclic) bond motifs is 5. The van der Waals surface area contributed by atoms with Gasteiger partial charge >= 0.3 is 11.9 Å². The second-order valence-corrected chi connectivity index (χ2v) is 20.3. The van der Waals surface area contributed by atoms with E-state index in [0.29, 0.717) is 36.5 Å². The summed E-state index contributed by atoms with van der Waals surface area (Å²) in [5.41, 5.74) is 4.05. The predicted molar refractivity (Wildman–Crippen MR) is 236 cm³/mol. The van der Waals surface area contributed by atoms with Gasteiger partial charge in [-0.15, -0.1) is 11.6 Å². The largest absolute Gasteiger partial charge is 0.494 e. The summed E-state index contributed by atoms with van der Waals surface area (Å²) < 4.78 is 17.5. The van der Waals surface area contributed by atoms with Gasteiger partial charge in [-0.1, -0.05) is 91.2 Å². The van der Waals surface area contributed by atoms with Gasteiger partial charge in [0, 0.05) is 24.0 Å². The monoisotopic (exact) mass is 810 g/mol. The van der Waals surface area contributed by atoms with Crippen LogP contribution in [-0.4, -0.2) is 30.0 Å². The summed E-state index contributed by atoms with van der Waals surface area (Å²) in [5, 5.41) is -0.658. The minimum absolute atomic E-state index is 0.0142. The van der Waals surface area contributed by atoms with Gasteiger partial charge in [0.1, 0.15) is 23.0 Å². The summed E-state index contributed by atoms with van der Waals surface area (Å²) in [4.78, 5) is 25.1. The Labute approximate surface area is 355 Å². The highest BCUT2D eigenvalue weighted by atomic mass is 35.5. The minimum atomic E-state index is -0.658. The van der Waals surface area contributed by atoms with Crippen LogP contribution in [0.15, 0.2) is 60.2 Å². The molecule has 0 radical (unpaired) electrons. The first-order valence-electron chi connectivity index (χ1n) is 22.8. The average Bonchev–Trinajstić information content (AvgIpc) is 3.55. The van der Waals surface area contributed by atoms with Gasteiger partial charge in [0.15, 0.2) is 0 Å². The summed E-state index contributed by atoms with van der Waals surface area (Å²) in [6.45, 7) is 17.1. The van der Waals surface area contributed by atoms with Crippen LogP contribution >= 0.6 is 11.6 Å². The molecule has 0 bridgehead atoms. The van der Waals surface area contributed by atoms with Gasteiger partial charge in [-0.2, -0.15) is 0 Å². The van der Waals surface area contributed by atoms with Crippen molar-refractivity contribution in [3.8, 4) is 23.3 Å². The van der Waals surface area contributed by atoms with Crippen LogP contribution in [-0.2, 0) is 14.3 Å². The number of hydrogen-bond acceptors (Lipinski definition) is 5. The molecule has 0 aliphatic heterocycles. The van der Waals surface area contributed by atoms with Gasteiger partial charge in [0.25, 0.3) is 0 Å². The molecule has 0 aromatic heterocycles. The third-order valence-corrected chi connectivity index (χ3v) is 15.2. The molecule has 0 amide bonds. The highest BCUT2D eigenvalue weighted by molar-refractivity contribution is 6.30. The lowest BCUT2D eigenvalue weighted by atomic mass is 9.47. The number of carbonyl (C=O) groups excluding carboxylic acids is 2. The highest BCUT2D eigenvalue weighted by Crippen LogP contribution is 2.67. The fourth-order valence-corrected chi connectivity index (χ4v) is 12.0. The SMILES string of the molecule is CC(C)CCC[C@@H](C)[C@H]1CC[C@H]2[C@@H]3CC=C4C[C@@H](OC(=O)CCCCOc5ccc(C#Cc6ccc(OC(=O)[C@@H](Cl)CC(C)C)cc6)cc5)CC[C@]4(C)[C@H]3CC[C@]12C. The van der Waals surface area contributed by atoms with E-state index in [1.54, 1.807) is 17.7 Å². The van der Waals surface area contributed by atoms with Gasteiger partial charge in [-0.3, -0.25) is 9.59 Å². The van der Waals surface area contributed by atoms with Gasteiger partial charge in [0.05, 0.1) is 6.61 Å². The quantitative estimate of drug-likeness (QED) is 0.0422. The van der Waals surface area contributed by atoms with Crippen LogP contribution in [0.1, 0.15) is 156 Å². The van der Waals surface area contributed by atoms with Crippen molar-refractivity contribution in [1.29, 1.82) is 0 Å². The lowest BCUT2D eigenvalue weighted by Gasteiger charge is -2.58. The number of alkyl halides is 1. The second kappa shape index (κ2) is 19.9. The van der Waals surface area contributed by atoms with Gasteiger partial charge in [-0.25, -0.2) is 0 Å². The van der Waals surface area contributed by atoms with Crippen molar-refractivity contribution in [2.24, 2.45) is 52.3 Å². The standard InChI is InChI=1S/C52H71ClO5/c1-35(2)11-10-12-37(5)45-26-27-46-44-25-20-40-34-43(28-30-51(40,6)47(44)29-31-52(45,46)7)57-49(54)13-8-9-32-56-41-21-16-38(17-22-41)14-15-39-18-23-42(24-19-39)58-50(55)48(53)33-36(3)4/h16-24,35-37,43-48H,8-13,25-34H2,1-7H3/t37-,43+,44+,45-,46+,47+,48+,51+,52-/m1/s1. The first kappa shape index (κ1) is 44.3. The van der Waals surface area contributed by atoms with Crippen molar-refractivity contribution in [2.75, 3.05) is 6.61 Å². The normalized spacial score (nSPS) is 28.6. The van der Waals surface area contributed by atoms with E-state index in [1.165, 1.54) is 51.4 Å². The fourth-order valence-electron chi connectivity index (χ4n) is 11.6. The van der Waals surface area contributed by atoms with E-state index in [-0.39, 0.29) is 17.5 Å². The van der Waals surface area contributed by atoms with Gasteiger partial charge in [0.2, 0.25) is 0 Å². The van der Waals surface area contributed by atoms with E-state index in [9.17, 15) is 9.59 Å². The van der Waals surface area contributed by atoms with Crippen LogP contribution in [0.5, 0.6) is 11.5 Å².